The highest BCUT2D eigenvalue weighted by Crippen LogP contribution is 2.54. The molecule has 5 nitrogen and oxygen atoms in total. The van der Waals surface area contributed by atoms with Gasteiger partial charge in [0.25, 0.3) is 0 Å². The van der Waals surface area contributed by atoms with Crippen LogP contribution >= 0.6 is 35.0 Å². The van der Waals surface area contributed by atoms with Crippen LogP contribution < -0.4 is 10.2 Å². The molecule has 2 amide bonds. The molecule has 3 aromatic rings. The van der Waals surface area contributed by atoms with Crippen molar-refractivity contribution in [3.63, 3.8) is 0 Å². The summed E-state index contributed by atoms with van der Waals surface area (Å²) in [5, 5.41) is 4.07. The number of carbonyl (C=O) groups is 2. The number of anilines is 1. The minimum atomic E-state index is -1.14. The summed E-state index contributed by atoms with van der Waals surface area (Å²) in [4.78, 5) is 30.1. The highest BCUT2D eigenvalue weighted by molar-refractivity contribution is 8.01. The van der Waals surface area contributed by atoms with Crippen LogP contribution in [0.3, 0.4) is 0 Å². The molecule has 1 saturated heterocycles. The lowest BCUT2D eigenvalue weighted by Crippen LogP contribution is -2.49. The number of amides is 2. The second-order valence-corrected chi connectivity index (χ2v) is 10.2. The maximum Gasteiger partial charge on any atom is 0.239 e. The maximum atomic E-state index is 13.9. The standard InChI is InChI=1S/C26H24Cl2N2O3S/c1-33-15-14-29-25(32)26(34-22-8-3-2-4-9-22)17-23(31)30(21-7-5-6-20(28)16-21)24(26)18-10-12-19(27)13-11-18/h2-13,16,24H,14-15,17H2,1H3,(H,29,32). The molecule has 0 saturated carbocycles. The maximum absolute atomic E-state index is 13.9. The van der Waals surface area contributed by atoms with Gasteiger partial charge in [0.15, 0.2) is 0 Å². The van der Waals surface area contributed by atoms with Crippen molar-refractivity contribution in [3.05, 3.63) is 94.5 Å². The first-order chi connectivity index (χ1) is 16.4. The Kier molecular flexibility index (Phi) is 7.84. The molecule has 0 aliphatic carbocycles. The van der Waals surface area contributed by atoms with Crippen molar-refractivity contribution in [3.8, 4) is 0 Å². The monoisotopic (exact) mass is 514 g/mol. The number of ether oxygens (including phenoxy) is 1. The van der Waals surface area contributed by atoms with Gasteiger partial charge in [0, 0.05) is 34.3 Å². The van der Waals surface area contributed by atoms with Gasteiger partial charge in [-0.1, -0.05) is 59.6 Å². The lowest BCUT2D eigenvalue weighted by molar-refractivity contribution is -0.125. The van der Waals surface area contributed by atoms with Crippen molar-refractivity contribution < 1.29 is 14.3 Å². The van der Waals surface area contributed by atoms with E-state index in [4.69, 9.17) is 27.9 Å². The Hall–Kier alpha value is -2.51. The zero-order valence-electron chi connectivity index (χ0n) is 18.5. The highest BCUT2D eigenvalue weighted by atomic mass is 35.5. The Morgan fingerprint density at radius 2 is 1.79 bits per heavy atom. The van der Waals surface area contributed by atoms with E-state index in [9.17, 15) is 9.59 Å². The number of rotatable bonds is 8. The first kappa shape index (κ1) is 24.6. The van der Waals surface area contributed by atoms with Crippen LogP contribution in [0.4, 0.5) is 5.69 Å². The molecule has 2 unspecified atom stereocenters. The molecule has 1 aliphatic rings. The summed E-state index contributed by atoms with van der Waals surface area (Å²) in [6, 6.07) is 23.5. The van der Waals surface area contributed by atoms with Crippen molar-refractivity contribution in [2.45, 2.75) is 22.1 Å². The van der Waals surface area contributed by atoms with E-state index in [-0.39, 0.29) is 18.2 Å². The van der Waals surface area contributed by atoms with Crippen LogP contribution in [0.2, 0.25) is 10.0 Å². The largest absolute Gasteiger partial charge is 0.383 e. The molecule has 2 atom stereocenters. The number of hydrogen-bond donors (Lipinski definition) is 1. The molecule has 176 valence electrons. The molecule has 1 N–H and O–H groups in total. The second kappa shape index (κ2) is 10.8. The number of benzene rings is 3. The van der Waals surface area contributed by atoms with Gasteiger partial charge in [0.1, 0.15) is 4.75 Å². The first-order valence-corrected chi connectivity index (χ1v) is 12.4. The summed E-state index contributed by atoms with van der Waals surface area (Å²) in [5.74, 6) is -0.385. The van der Waals surface area contributed by atoms with E-state index in [1.54, 1.807) is 42.3 Å². The summed E-state index contributed by atoms with van der Waals surface area (Å²) >= 11 is 13.8. The molecule has 4 rings (SSSR count). The van der Waals surface area contributed by atoms with E-state index >= 15 is 0 Å². The number of carbonyl (C=O) groups excluding carboxylic acids is 2. The molecule has 1 fully saturated rings. The fraction of sp³-hybridized carbons (Fsp3) is 0.231. The van der Waals surface area contributed by atoms with Crippen LogP contribution in [0.1, 0.15) is 18.0 Å². The predicted octanol–water partition coefficient (Wildman–Crippen LogP) is 5.77. The Balaban J connectivity index is 1.88. The van der Waals surface area contributed by atoms with E-state index < -0.39 is 10.8 Å². The van der Waals surface area contributed by atoms with Crippen LogP contribution in [0.25, 0.3) is 0 Å². The molecule has 0 radical (unpaired) electrons. The van der Waals surface area contributed by atoms with Crippen LogP contribution in [0.5, 0.6) is 0 Å². The van der Waals surface area contributed by atoms with Crippen LogP contribution in [0, 0.1) is 0 Å². The number of nitrogens with one attached hydrogen (secondary N) is 1. The fourth-order valence-electron chi connectivity index (χ4n) is 4.20. The van der Waals surface area contributed by atoms with Crippen molar-refractivity contribution in [1.29, 1.82) is 0 Å². The third-order valence-electron chi connectivity index (χ3n) is 5.67. The second-order valence-electron chi connectivity index (χ2n) is 7.93. The SMILES string of the molecule is COCCNC(=O)C1(Sc2ccccc2)CC(=O)N(c2cccc(Cl)c2)C1c1ccc(Cl)cc1. The number of halogens is 2. The Labute approximate surface area is 213 Å². The zero-order valence-corrected chi connectivity index (χ0v) is 20.9. The van der Waals surface area contributed by atoms with Gasteiger partial charge in [0.2, 0.25) is 11.8 Å². The highest BCUT2D eigenvalue weighted by Gasteiger charge is 2.58. The Morgan fingerprint density at radius 1 is 1.06 bits per heavy atom. The van der Waals surface area contributed by atoms with Crippen LogP contribution in [-0.2, 0) is 14.3 Å². The third-order valence-corrected chi connectivity index (χ3v) is 7.59. The predicted molar refractivity (Wildman–Crippen MR) is 138 cm³/mol. The zero-order chi connectivity index (χ0) is 24.1. The van der Waals surface area contributed by atoms with E-state index in [0.717, 1.165) is 10.5 Å². The van der Waals surface area contributed by atoms with E-state index in [1.807, 2.05) is 48.5 Å². The van der Waals surface area contributed by atoms with Gasteiger partial charge < -0.3 is 15.0 Å². The third kappa shape index (κ3) is 5.10. The van der Waals surface area contributed by atoms with Gasteiger partial charge in [-0.3, -0.25) is 9.59 Å². The lowest BCUT2D eigenvalue weighted by atomic mass is 9.91. The summed E-state index contributed by atoms with van der Waals surface area (Å²) in [5.41, 5.74) is 1.44. The Bertz CT molecular complexity index is 1160. The molecule has 1 heterocycles. The van der Waals surface area contributed by atoms with Gasteiger partial charge in [-0.05, 0) is 48.0 Å². The van der Waals surface area contributed by atoms with E-state index in [0.29, 0.717) is 28.9 Å². The van der Waals surface area contributed by atoms with Gasteiger partial charge in [0.05, 0.1) is 19.1 Å². The molecule has 8 heteroatoms. The molecule has 0 spiro atoms. The van der Waals surface area contributed by atoms with Gasteiger partial charge >= 0.3 is 0 Å². The number of methoxy groups -OCH3 is 1. The minimum absolute atomic E-state index is 0.0190. The van der Waals surface area contributed by atoms with Crippen molar-refractivity contribution >= 4 is 52.5 Å². The normalized spacial score (nSPS) is 19.9. The van der Waals surface area contributed by atoms with Crippen molar-refractivity contribution in [1.82, 2.24) is 5.32 Å². The quantitative estimate of drug-likeness (QED) is 0.388. The number of thioether (sulfide) groups is 1. The summed E-state index contributed by atoms with van der Waals surface area (Å²) in [7, 11) is 1.58. The lowest BCUT2D eigenvalue weighted by Gasteiger charge is -2.36. The molecular formula is C26H24Cl2N2O3S. The van der Waals surface area contributed by atoms with Gasteiger partial charge in [-0.25, -0.2) is 0 Å². The molecule has 1 aliphatic heterocycles. The van der Waals surface area contributed by atoms with E-state index in [1.165, 1.54) is 11.8 Å². The first-order valence-electron chi connectivity index (χ1n) is 10.8. The average molecular weight is 515 g/mol. The molecular weight excluding hydrogens is 491 g/mol. The molecule has 3 aromatic carbocycles. The van der Waals surface area contributed by atoms with Crippen molar-refractivity contribution in [2.75, 3.05) is 25.2 Å². The van der Waals surface area contributed by atoms with Crippen LogP contribution in [0.15, 0.2) is 83.8 Å². The fourth-order valence-corrected chi connectivity index (χ4v) is 5.94. The number of nitrogens with zero attached hydrogens (tertiary/aromatic N) is 1. The molecule has 0 bridgehead atoms. The van der Waals surface area contributed by atoms with Gasteiger partial charge in [-0.2, -0.15) is 0 Å². The summed E-state index contributed by atoms with van der Waals surface area (Å²) in [6.07, 6.45) is 0.0190. The summed E-state index contributed by atoms with van der Waals surface area (Å²) < 4.78 is 3.99. The smallest absolute Gasteiger partial charge is 0.239 e. The van der Waals surface area contributed by atoms with Crippen LogP contribution in [-0.4, -0.2) is 36.8 Å². The van der Waals surface area contributed by atoms with Gasteiger partial charge in [-0.15, -0.1) is 11.8 Å². The minimum Gasteiger partial charge on any atom is -0.383 e. The average Bonchev–Trinajstić information content (AvgIpc) is 3.13. The van der Waals surface area contributed by atoms with Crippen molar-refractivity contribution in [2.24, 2.45) is 0 Å². The topological polar surface area (TPSA) is 58.6 Å². The number of hydrogen-bond acceptors (Lipinski definition) is 4. The molecule has 0 aromatic heterocycles. The summed E-state index contributed by atoms with van der Waals surface area (Å²) in [6.45, 7) is 0.709. The van der Waals surface area contributed by atoms with E-state index in [2.05, 4.69) is 5.32 Å². The Morgan fingerprint density at radius 3 is 2.47 bits per heavy atom. The molecule has 34 heavy (non-hydrogen) atoms.